The molecule has 0 bridgehead atoms. The molecule has 0 heterocycles. The van der Waals surface area contributed by atoms with Crippen molar-refractivity contribution in [3.63, 3.8) is 0 Å². The topological polar surface area (TPSA) is 49.3 Å². The molecule has 0 aliphatic heterocycles. The lowest BCUT2D eigenvalue weighted by atomic mass is 10.0. The number of phenolic OH excluding ortho intramolecular Hbond substituents is 1. The average Bonchev–Trinajstić information content (AvgIpc) is 2.33. The number of para-hydroxylation sites is 1. The van der Waals surface area contributed by atoms with Gasteiger partial charge in [-0.1, -0.05) is 24.3 Å². The highest BCUT2D eigenvalue weighted by molar-refractivity contribution is 9.10. The van der Waals surface area contributed by atoms with Gasteiger partial charge in [0.1, 0.15) is 5.75 Å². The standard InChI is InChI=1S/C14H12BrNO2/c1-9(17)16-11-7-5-10(6-8-11)12-3-2-4-13(15)14(12)18/h2-8,18H,1H3,(H,16,17). The second kappa shape index (κ2) is 5.23. The van der Waals surface area contributed by atoms with Crippen molar-refractivity contribution in [3.05, 3.63) is 46.9 Å². The number of hydrogen-bond donors (Lipinski definition) is 2. The van der Waals surface area contributed by atoms with Gasteiger partial charge in [0.15, 0.2) is 0 Å². The normalized spacial score (nSPS) is 10.1. The van der Waals surface area contributed by atoms with Crippen LogP contribution >= 0.6 is 15.9 Å². The molecule has 0 unspecified atom stereocenters. The molecule has 0 spiro atoms. The molecule has 2 aromatic carbocycles. The lowest BCUT2D eigenvalue weighted by Crippen LogP contribution is -2.05. The fraction of sp³-hybridized carbons (Fsp3) is 0.0714. The molecule has 92 valence electrons. The molecule has 0 saturated carbocycles. The van der Waals surface area contributed by atoms with Crippen LogP contribution in [0.3, 0.4) is 0 Å². The van der Waals surface area contributed by atoms with Gasteiger partial charge in [0.05, 0.1) is 4.47 Å². The highest BCUT2D eigenvalue weighted by Gasteiger charge is 2.07. The van der Waals surface area contributed by atoms with E-state index in [0.29, 0.717) is 4.47 Å². The third-order valence-electron chi connectivity index (χ3n) is 2.50. The minimum Gasteiger partial charge on any atom is -0.506 e. The van der Waals surface area contributed by atoms with E-state index in [9.17, 15) is 9.90 Å². The highest BCUT2D eigenvalue weighted by Crippen LogP contribution is 2.35. The number of hydrogen-bond acceptors (Lipinski definition) is 2. The molecule has 0 radical (unpaired) electrons. The Morgan fingerprint density at radius 2 is 1.83 bits per heavy atom. The summed E-state index contributed by atoms with van der Waals surface area (Å²) in [5.74, 6) is 0.109. The molecule has 0 saturated heterocycles. The highest BCUT2D eigenvalue weighted by atomic mass is 79.9. The SMILES string of the molecule is CC(=O)Nc1ccc(-c2cccc(Br)c2O)cc1. The summed E-state index contributed by atoms with van der Waals surface area (Å²) in [4.78, 5) is 10.9. The zero-order valence-corrected chi connectivity index (χ0v) is 11.4. The van der Waals surface area contributed by atoms with Crippen molar-refractivity contribution in [2.24, 2.45) is 0 Å². The number of halogens is 1. The predicted molar refractivity (Wildman–Crippen MR) is 75.5 cm³/mol. The van der Waals surface area contributed by atoms with E-state index in [-0.39, 0.29) is 11.7 Å². The van der Waals surface area contributed by atoms with Gasteiger partial charge in [-0.05, 0) is 39.7 Å². The number of carbonyl (C=O) groups excluding carboxylic acids is 1. The Morgan fingerprint density at radius 3 is 2.44 bits per heavy atom. The lowest BCUT2D eigenvalue weighted by Gasteiger charge is -2.07. The second-order valence-electron chi connectivity index (χ2n) is 3.89. The summed E-state index contributed by atoms with van der Waals surface area (Å²) >= 11 is 3.28. The molecule has 0 atom stereocenters. The van der Waals surface area contributed by atoms with E-state index in [1.807, 2.05) is 24.3 Å². The van der Waals surface area contributed by atoms with Crippen molar-refractivity contribution >= 4 is 27.5 Å². The van der Waals surface area contributed by atoms with Gasteiger partial charge in [-0.25, -0.2) is 0 Å². The zero-order valence-electron chi connectivity index (χ0n) is 9.77. The quantitative estimate of drug-likeness (QED) is 0.887. The fourth-order valence-corrected chi connectivity index (χ4v) is 2.05. The van der Waals surface area contributed by atoms with Crippen molar-refractivity contribution in [1.82, 2.24) is 0 Å². The molecule has 2 aromatic rings. The largest absolute Gasteiger partial charge is 0.506 e. The average molecular weight is 306 g/mol. The van der Waals surface area contributed by atoms with Crippen molar-refractivity contribution in [2.75, 3.05) is 5.32 Å². The van der Waals surface area contributed by atoms with Crippen LogP contribution in [0.2, 0.25) is 0 Å². The summed E-state index contributed by atoms with van der Waals surface area (Å²) in [5, 5.41) is 12.6. The monoisotopic (exact) mass is 305 g/mol. The van der Waals surface area contributed by atoms with E-state index in [1.165, 1.54) is 6.92 Å². The van der Waals surface area contributed by atoms with E-state index in [4.69, 9.17) is 0 Å². The van der Waals surface area contributed by atoms with Crippen LogP contribution in [0.5, 0.6) is 5.75 Å². The van der Waals surface area contributed by atoms with E-state index >= 15 is 0 Å². The third kappa shape index (κ3) is 2.71. The van der Waals surface area contributed by atoms with Gasteiger partial charge < -0.3 is 10.4 Å². The summed E-state index contributed by atoms with van der Waals surface area (Å²) in [5.41, 5.74) is 2.38. The lowest BCUT2D eigenvalue weighted by molar-refractivity contribution is -0.114. The molecule has 0 aliphatic carbocycles. The van der Waals surface area contributed by atoms with Gasteiger partial charge >= 0.3 is 0 Å². The molecule has 4 heteroatoms. The van der Waals surface area contributed by atoms with Crippen LogP contribution < -0.4 is 5.32 Å². The van der Waals surface area contributed by atoms with Gasteiger partial charge in [0.2, 0.25) is 5.91 Å². The molecule has 0 aromatic heterocycles. The Hall–Kier alpha value is -1.81. The maximum atomic E-state index is 10.9. The molecule has 2 rings (SSSR count). The molecular weight excluding hydrogens is 294 g/mol. The number of amides is 1. The Bertz CT molecular complexity index is 579. The smallest absolute Gasteiger partial charge is 0.221 e. The minimum atomic E-state index is -0.104. The molecule has 0 aliphatic rings. The molecule has 18 heavy (non-hydrogen) atoms. The predicted octanol–water partition coefficient (Wildman–Crippen LogP) is 3.78. The number of phenols is 1. The number of carbonyl (C=O) groups is 1. The molecule has 1 amide bonds. The number of benzene rings is 2. The first-order valence-electron chi connectivity index (χ1n) is 5.43. The summed E-state index contributed by atoms with van der Waals surface area (Å²) in [7, 11) is 0. The Morgan fingerprint density at radius 1 is 1.17 bits per heavy atom. The maximum Gasteiger partial charge on any atom is 0.221 e. The molecular formula is C14H12BrNO2. The van der Waals surface area contributed by atoms with Crippen LogP contribution in [0.4, 0.5) is 5.69 Å². The van der Waals surface area contributed by atoms with Gasteiger partial charge in [-0.2, -0.15) is 0 Å². The first-order chi connectivity index (χ1) is 8.58. The van der Waals surface area contributed by atoms with Crippen molar-refractivity contribution in [2.45, 2.75) is 6.92 Å². The summed E-state index contributed by atoms with van der Waals surface area (Å²) in [6, 6.07) is 12.8. The van der Waals surface area contributed by atoms with E-state index < -0.39 is 0 Å². The fourth-order valence-electron chi connectivity index (χ4n) is 1.68. The number of rotatable bonds is 2. The molecule has 3 nitrogen and oxygen atoms in total. The van der Waals surface area contributed by atoms with E-state index in [0.717, 1.165) is 16.8 Å². The number of nitrogens with one attached hydrogen (secondary N) is 1. The van der Waals surface area contributed by atoms with Gasteiger partial charge in [0.25, 0.3) is 0 Å². The van der Waals surface area contributed by atoms with Gasteiger partial charge in [0, 0.05) is 18.2 Å². The minimum absolute atomic E-state index is 0.104. The van der Waals surface area contributed by atoms with Crippen molar-refractivity contribution in [3.8, 4) is 16.9 Å². The maximum absolute atomic E-state index is 10.9. The Balaban J connectivity index is 2.34. The van der Waals surface area contributed by atoms with Crippen LogP contribution in [-0.2, 0) is 4.79 Å². The molecule has 0 fully saturated rings. The van der Waals surface area contributed by atoms with Crippen LogP contribution in [0, 0.1) is 0 Å². The van der Waals surface area contributed by atoms with Crippen LogP contribution in [0.1, 0.15) is 6.92 Å². The second-order valence-corrected chi connectivity index (χ2v) is 4.75. The van der Waals surface area contributed by atoms with Crippen LogP contribution in [-0.4, -0.2) is 11.0 Å². The number of aromatic hydroxyl groups is 1. The van der Waals surface area contributed by atoms with E-state index in [2.05, 4.69) is 21.2 Å². The van der Waals surface area contributed by atoms with Crippen LogP contribution in [0.15, 0.2) is 46.9 Å². The van der Waals surface area contributed by atoms with Crippen molar-refractivity contribution < 1.29 is 9.90 Å². The zero-order chi connectivity index (χ0) is 13.1. The molecule has 2 N–H and O–H groups in total. The van der Waals surface area contributed by atoms with E-state index in [1.54, 1.807) is 18.2 Å². The van der Waals surface area contributed by atoms with Crippen LogP contribution in [0.25, 0.3) is 11.1 Å². The summed E-state index contributed by atoms with van der Waals surface area (Å²) in [6.45, 7) is 1.47. The first kappa shape index (κ1) is 12.6. The Kier molecular flexibility index (Phi) is 3.67. The third-order valence-corrected chi connectivity index (χ3v) is 3.14. The number of anilines is 1. The summed E-state index contributed by atoms with van der Waals surface area (Å²) in [6.07, 6.45) is 0. The van der Waals surface area contributed by atoms with Gasteiger partial charge in [-0.15, -0.1) is 0 Å². The first-order valence-corrected chi connectivity index (χ1v) is 6.23. The van der Waals surface area contributed by atoms with Gasteiger partial charge in [-0.3, -0.25) is 4.79 Å². The Labute approximate surface area is 114 Å². The summed E-state index contributed by atoms with van der Waals surface area (Å²) < 4.78 is 0.658. The van der Waals surface area contributed by atoms with Crippen molar-refractivity contribution in [1.29, 1.82) is 0 Å².